The number of hydrogen-bond donors (Lipinski definition) is 2. The van der Waals surface area contributed by atoms with Gasteiger partial charge in [-0.3, -0.25) is 9.89 Å². The number of rotatable bonds is 10. The van der Waals surface area contributed by atoms with Crippen LogP contribution in [0.4, 0.5) is 4.39 Å². The molecule has 0 bridgehead atoms. The molecule has 0 saturated carbocycles. The fourth-order valence-corrected chi connectivity index (χ4v) is 3.74. The SMILES string of the molecule is CCCC(CCO)CN=C(NCC)N1CCN(Cc2ccc(OC)c(F)c2)CC1. The highest BCUT2D eigenvalue weighted by atomic mass is 19.1. The second-order valence-corrected chi connectivity index (χ2v) is 7.59. The second-order valence-electron chi connectivity index (χ2n) is 7.59. The summed E-state index contributed by atoms with van der Waals surface area (Å²) in [7, 11) is 1.48. The van der Waals surface area contributed by atoms with Crippen LogP contribution in [0.3, 0.4) is 0 Å². The lowest BCUT2D eigenvalue weighted by atomic mass is 10.0. The van der Waals surface area contributed by atoms with Gasteiger partial charge in [0.2, 0.25) is 0 Å². The number of methoxy groups -OCH3 is 1. The average molecular weight is 409 g/mol. The van der Waals surface area contributed by atoms with Crippen molar-refractivity contribution in [1.82, 2.24) is 15.1 Å². The van der Waals surface area contributed by atoms with Gasteiger partial charge in [0, 0.05) is 52.4 Å². The van der Waals surface area contributed by atoms with E-state index in [0.29, 0.717) is 5.92 Å². The number of hydrogen-bond acceptors (Lipinski definition) is 4. The number of halogens is 1. The Kier molecular flexibility index (Phi) is 10.2. The third-order valence-corrected chi connectivity index (χ3v) is 5.36. The van der Waals surface area contributed by atoms with Crippen LogP contribution in [0.25, 0.3) is 0 Å². The van der Waals surface area contributed by atoms with Gasteiger partial charge in [-0.05, 0) is 43.4 Å². The van der Waals surface area contributed by atoms with E-state index in [-0.39, 0.29) is 18.2 Å². The summed E-state index contributed by atoms with van der Waals surface area (Å²) in [6.45, 7) is 10.4. The van der Waals surface area contributed by atoms with Crippen molar-refractivity contribution in [3.63, 3.8) is 0 Å². The van der Waals surface area contributed by atoms with Crippen LogP contribution in [0.15, 0.2) is 23.2 Å². The van der Waals surface area contributed by atoms with E-state index in [9.17, 15) is 9.50 Å². The van der Waals surface area contributed by atoms with Crippen LogP contribution < -0.4 is 10.1 Å². The van der Waals surface area contributed by atoms with E-state index in [4.69, 9.17) is 9.73 Å². The number of aliphatic imine (C=N–C) groups is 1. The van der Waals surface area contributed by atoms with Gasteiger partial charge in [0.15, 0.2) is 17.5 Å². The van der Waals surface area contributed by atoms with Crippen molar-refractivity contribution in [1.29, 1.82) is 0 Å². The minimum Gasteiger partial charge on any atom is -0.494 e. The number of ether oxygens (including phenoxy) is 1. The molecule has 2 rings (SSSR count). The van der Waals surface area contributed by atoms with Crippen LogP contribution in [0.2, 0.25) is 0 Å². The predicted molar refractivity (Wildman–Crippen MR) is 116 cm³/mol. The maximum atomic E-state index is 13.9. The Balaban J connectivity index is 1.90. The van der Waals surface area contributed by atoms with Crippen molar-refractivity contribution in [2.75, 3.05) is 53.0 Å². The summed E-state index contributed by atoms with van der Waals surface area (Å²) >= 11 is 0. The van der Waals surface area contributed by atoms with E-state index < -0.39 is 0 Å². The maximum absolute atomic E-state index is 13.9. The molecule has 1 saturated heterocycles. The monoisotopic (exact) mass is 408 g/mol. The fourth-order valence-electron chi connectivity index (χ4n) is 3.74. The zero-order valence-electron chi connectivity index (χ0n) is 18.2. The first-order valence-corrected chi connectivity index (χ1v) is 10.8. The number of aliphatic hydroxyl groups is 1. The van der Waals surface area contributed by atoms with E-state index in [1.807, 2.05) is 6.07 Å². The van der Waals surface area contributed by atoms with Gasteiger partial charge in [-0.15, -0.1) is 0 Å². The summed E-state index contributed by atoms with van der Waals surface area (Å²) in [5, 5.41) is 12.7. The molecule has 1 aromatic carbocycles. The highest BCUT2D eigenvalue weighted by Crippen LogP contribution is 2.19. The molecule has 1 atom stereocenters. The topological polar surface area (TPSA) is 60.3 Å². The van der Waals surface area contributed by atoms with Crippen molar-refractivity contribution in [2.45, 2.75) is 39.7 Å². The Hall–Kier alpha value is -1.86. The summed E-state index contributed by atoms with van der Waals surface area (Å²) in [5.41, 5.74) is 0.962. The molecule has 1 aliphatic rings. The Morgan fingerprint density at radius 1 is 1.24 bits per heavy atom. The smallest absolute Gasteiger partial charge is 0.194 e. The van der Waals surface area contributed by atoms with Crippen molar-refractivity contribution in [2.24, 2.45) is 10.9 Å². The molecule has 6 nitrogen and oxygen atoms in total. The zero-order valence-corrected chi connectivity index (χ0v) is 18.2. The highest BCUT2D eigenvalue weighted by Gasteiger charge is 2.20. The average Bonchev–Trinajstić information content (AvgIpc) is 2.72. The molecule has 2 N–H and O–H groups in total. The zero-order chi connectivity index (χ0) is 21.1. The van der Waals surface area contributed by atoms with Crippen LogP contribution in [0.1, 0.15) is 38.7 Å². The van der Waals surface area contributed by atoms with E-state index in [0.717, 1.165) is 76.6 Å². The number of piperazine rings is 1. The number of nitrogens with zero attached hydrogens (tertiary/aromatic N) is 3. The van der Waals surface area contributed by atoms with Crippen LogP contribution in [0, 0.1) is 11.7 Å². The van der Waals surface area contributed by atoms with Gasteiger partial charge in [-0.2, -0.15) is 0 Å². The number of nitrogens with one attached hydrogen (secondary N) is 1. The Morgan fingerprint density at radius 2 is 2.00 bits per heavy atom. The quantitative estimate of drug-likeness (QED) is 0.460. The van der Waals surface area contributed by atoms with Crippen molar-refractivity contribution in [3.05, 3.63) is 29.6 Å². The molecular formula is C22H37FN4O2. The summed E-state index contributed by atoms with van der Waals surface area (Å²) in [6, 6.07) is 5.18. The van der Waals surface area contributed by atoms with Gasteiger partial charge in [-0.25, -0.2) is 4.39 Å². The Morgan fingerprint density at radius 3 is 2.59 bits per heavy atom. The van der Waals surface area contributed by atoms with Crippen molar-refractivity contribution in [3.8, 4) is 5.75 Å². The van der Waals surface area contributed by atoms with Gasteiger partial charge in [0.1, 0.15) is 0 Å². The number of guanidine groups is 1. The molecule has 0 radical (unpaired) electrons. The molecule has 1 unspecified atom stereocenters. The molecule has 7 heteroatoms. The Labute approximate surface area is 174 Å². The molecule has 0 aliphatic carbocycles. The van der Waals surface area contributed by atoms with Crippen LogP contribution in [-0.2, 0) is 6.54 Å². The first-order valence-electron chi connectivity index (χ1n) is 10.8. The minimum atomic E-state index is -0.310. The standard InChI is InChI=1S/C22H37FN4O2/c1-4-6-18(9-14-28)16-25-22(24-5-2)27-12-10-26(11-13-27)17-19-7-8-21(29-3)20(23)15-19/h7-8,15,18,28H,4-6,9-14,16-17H2,1-3H3,(H,24,25). The third-order valence-electron chi connectivity index (χ3n) is 5.36. The summed E-state index contributed by atoms with van der Waals surface area (Å²) in [4.78, 5) is 9.50. The molecule has 1 aromatic rings. The maximum Gasteiger partial charge on any atom is 0.194 e. The number of benzene rings is 1. The summed E-state index contributed by atoms with van der Waals surface area (Å²) in [6.07, 6.45) is 3.01. The van der Waals surface area contributed by atoms with E-state index in [2.05, 4.69) is 29.0 Å². The van der Waals surface area contributed by atoms with E-state index >= 15 is 0 Å². The van der Waals surface area contributed by atoms with Crippen LogP contribution in [0.5, 0.6) is 5.75 Å². The predicted octanol–water partition coefficient (Wildman–Crippen LogP) is 2.72. The second kappa shape index (κ2) is 12.6. The van der Waals surface area contributed by atoms with Gasteiger partial charge in [-0.1, -0.05) is 19.4 Å². The minimum absolute atomic E-state index is 0.224. The van der Waals surface area contributed by atoms with Crippen LogP contribution >= 0.6 is 0 Å². The summed E-state index contributed by atoms with van der Waals surface area (Å²) < 4.78 is 18.9. The van der Waals surface area contributed by atoms with E-state index in [1.165, 1.54) is 7.11 Å². The van der Waals surface area contributed by atoms with Crippen molar-refractivity contribution >= 4 is 5.96 Å². The molecule has 0 amide bonds. The highest BCUT2D eigenvalue weighted by molar-refractivity contribution is 5.80. The summed E-state index contributed by atoms with van der Waals surface area (Å²) in [5.74, 6) is 1.37. The largest absolute Gasteiger partial charge is 0.494 e. The molecule has 1 heterocycles. The molecule has 164 valence electrons. The van der Waals surface area contributed by atoms with Gasteiger partial charge in [0.05, 0.1) is 7.11 Å². The molecule has 1 aliphatic heterocycles. The number of aliphatic hydroxyl groups excluding tert-OH is 1. The van der Waals surface area contributed by atoms with Crippen LogP contribution in [-0.4, -0.2) is 73.9 Å². The molecule has 0 spiro atoms. The normalized spacial score (nSPS) is 16.7. The lowest BCUT2D eigenvalue weighted by Crippen LogP contribution is -2.52. The molecule has 29 heavy (non-hydrogen) atoms. The lowest BCUT2D eigenvalue weighted by Gasteiger charge is -2.36. The first kappa shape index (κ1) is 23.4. The van der Waals surface area contributed by atoms with Crippen molar-refractivity contribution < 1.29 is 14.2 Å². The van der Waals surface area contributed by atoms with E-state index in [1.54, 1.807) is 12.1 Å². The van der Waals surface area contributed by atoms with Gasteiger partial charge >= 0.3 is 0 Å². The fraction of sp³-hybridized carbons (Fsp3) is 0.682. The molecular weight excluding hydrogens is 371 g/mol. The first-order chi connectivity index (χ1) is 14.1. The third kappa shape index (κ3) is 7.48. The Bertz CT molecular complexity index is 627. The lowest BCUT2D eigenvalue weighted by molar-refractivity contribution is 0.172. The molecule has 0 aromatic heterocycles. The van der Waals surface area contributed by atoms with Gasteiger partial charge in [0.25, 0.3) is 0 Å². The van der Waals surface area contributed by atoms with Gasteiger partial charge < -0.3 is 20.1 Å². The molecule has 1 fully saturated rings.